The Hall–Kier alpha value is -1.96. The first-order valence-electron chi connectivity index (χ1n) is 8.83. The van der Waals surface area contributed by atoms with Gasteiger partial charge < -0.3 is 9.47 Å². The van der Waals surface area contributed by atoms with E-state index in [1.165, 1.54) is 4.31 Å². The van der Waals surface area contributed by atoms with Gasteiger partial charge in [-0.15, -0.1) is 0 Å². The minimum atomic E-state index is -3.44. The fourth-order valence-electron chi connectivity index (χ4n) is 3.74. The van der Waals surface area contributed by atoms with E-state index in [0.29, 0.717) is 43.0 Å². The van der Waals surface area contributed by atoms with E-state index in [-0.39, 0.29) is 5.60 Å². The van der Waals surface area contributed by atoms with Crippen molar-refractivity contribution in [2.75, 3.05) is 26.3 Å². The van der Waals surface area contributed by atoms with Gasteiger partial charge in [-0.25, -0.2) is 13.4 Å². The molecule has 4 rings (SSSR count). The van der Waals surface area contributed by atoms with E-state index in [0.717, 1.165) is 12.8 Å². The summed E-state index contributed by atoms with van der Waals surface area (Å²) >= 11 is 0. The van der Waals surface area contributed by atoms with Gasteiger partial charge in [0.2, 0.25) is 15.9 Å². The molecule has 0 saturated carbocycles. The highest BCUT2D eigenvalue weighted by Gasteiger charge is 2.56. The van der Waals surface area contributed by atoms with E-state index in [1.54, 1.807) is 30.5 Å². The monoisotopic (exact) mass is 374 g/mol. The predicted octanol–water partition coefficient (Wildman–Crippen LogP) is 2.33. The van der Waals surface area contributed by atoms with E-state index in [2.05, 4.69) is 4.98 Å². The lowest BCUT2D eigenvalue weighted by molar-refractivity contribution is -0.104. The van der Waals surface area contributed by atoms with Crippen LogP contribution in [-0.4, -0.2) is 49.6 Å². The van der Waals surface area contributed by atoms with Crippen LogP contribution >= 0.6 is 0 Å². The number of ether oxygens (including phenoxy) is 2. The summed E-state index contributed by atoms with van der Waals surface area (Å²) < 4.78 is 38.6. The third-order valence-electron chi connectivity index (χ3n) is 5.22. The fraction of sp³-hybridized carbons (Fsp3) is 0.421. The molecule has 2 aliphatic heterocycles. The van der Waals surface area contributed by atoms with Crippen LogP contribution in [0.25, 0.3) is 0 Å². The number of benzene rings is 1. The molecule has 2 aliphatic rings. The van der Waals surface area contributed by atoms with E-state index in [4.69, 9.17) is 9.47 Å². The van der Waals surface area contributed by atoms with E-state index in [9.17, 15) is 8.42 Å². The van der Waals surface area contributed by atoms with Gasteiger partial charge in [0.05, 0.1) is 17.1 Å². The molecule has 1 aromatic heterocycles. The van der Waals surface area contributed by atoms with Crippen molar-refractivity contribution in [3.63, 3.8) is 0 Å². The van der Waals surface area contributed by atoms with Gasteiger partial charge in [-0.3, -0.25) is 0 Å². The summed E-state index contributed by atoms with van der Waals surface area (Å²) in [6, 6.07) is 14.1. The second-order valence-corrected chi connectivity index (χ2v) is 8.73. The van der Waals surface area contributed by atoms with Crippen LogP contribution in [0.5, 0.6) is 5.88 Å². The van der Waals surface area contributed by atoms with Gasteiger partial charge in [0.15, 0.2) is 0 Å². The Morgan fingerprint density at radius 2 is 1.92 bits per heavy atom. The van der Waals surface area contributed by atoms with Crippen LogP contribution in [0.3, 0.4) is 0 Å². The van der Waals surface area contributed by atoms with Gasteiger partial charge in [0.1, 0.15) is 0 Å². The minimum Gasteiger partial charge on any atom is -0.478 e. The molecule has 138 valence electrons. The molecule has 0 aliphatic carbocycles. The minimum absolute atomic E-state index is 0.299. The molecule has 0 radical (unpaired) electrons. The molecule has 0 N–H and O–H groups in total. The highest BCUT2D eigenvalue weighted by molar-refractivity contribution is 7.89. The van der Waals surface area contributed by atoms with Crippen LogP contribution < -0.4 is 4.74 Å². The maximum absolute atomic E-state index is 12.7. The van der Waals surface area contributed by atoms with Gasteiger partial charge in [0.25, 0.3) is 0 Å². The molecule has 2 fully saturated rings. The second-order valence-electron chi connectivity index (χ2n) is 6.79. The van der Waals surface area contributed by atoms with Crippen LogP contribution in [-0.2, 0) is 14.8 Å². The van der Waals surface area contributed by atoms with Crippen LogP contribution in [0.4, 0.5) is 0 Å². The Morgan fingerprint density at radius 3 is 2.65 bits per heavy atom. The molecule has 0 bridgehead atoms. The van der Waals surface area contributed by atoms with E-state index >= 15 is 0 Å². The van der Waals surface area contributed by atoms with Crippen LogP contribution in [0.15, 0.2) is 59.6 Å². The number of aromatic nitrogens is 1. The zero-order valence-electron chi connectivity index (χ0n) is 14.5. The smallest absolute Gasteiger partial charge is 0.243 e. The molecule has 0 amide bonds. The zero-order chi connectivity index (χ0) is 18.0. The molecule has 2 saturated heterocycles. The summed E-state index contributed by atoms with van der Waals surface area (Å²) in [5, 5.41) is 0. The summed E-state index contributed by atoms with van der Waals surface area (Å²) in [5.74, 6) is 0.913. The van der Waals surface area contributed by atoms with E-state index in [1.807, 2.05) is 24.3 Å². The van der Waals surface area contributed by atoms with Crippen molar-refractivity contribution in [2.45, 2.75) is 23.3 Å². The van der Waals surface area contributed by atoms with Crippen molar-refractivity contribution in [1.82, 2.24) is 9.29 Å². The van der Waals surface area contributed by atoms with Crippen molar-refractivity contribution in [2.24, 2.45) is 5.92 Å². The largest absolute Gasteiger partial charge is 0.478 e. The molecule has 1 aromatic carbocycles. The van der Waals surface area contributed by atoms with Crippen LogP contribution in [0.2, 0.25) is 0 Å². The Kier molecular flexibility index (Phi) is 4.69. The molecule has 1 atom stereocenters. The Bertz CT molecular complexity index is 836. The highest BCUT2D eigenvalue weighted by Crippen LogP contribution is 2.43. The van der Waals surface area contributed by atoms with Gasteiger partial charge in [0, 0.05) is 32.0 Å². The normalized spacial score (nSPS) is 22.2. The first-order valence-corrected chi connectivity index (χ1v) is 10.3. The number of hydrogen-bond acceptors (Lipinski definition) is 5. The second kappa shape index (κ2) is 6.98. The van der Waals surface area contributed by atoms with Crippen LogP contribution in [0.1, 0.15) is 12.8 Å². The highest BCUT2D eigenvalue weighted by atomic mass is 32.2. The Balaban J connectivity index is 1.36. The molecule has 3 heterocycles. The van der Waals surface area contributed by atoms with Crippen molar-refractivity contribution in [1.29, 1.82) is 0 Å². The average Bonchev–Trinajstić information content (AvgIpc) is 3.06. The SMILES string of the molecule is O=S(=O)(c1ccccc1)N1CC2(C1)OCC[C@@H]2CCOc1ccccn1. The maximum atomic E-state index is 12.7. The summed E-state index contributed by atoms with van der Waals surface area (Å²) in [6.45, 7) is 2.06. The molecule has 2 aromatic rings. The molecule has 26 heavy (non-hydrogen) atoms. The maximum Gasteiger partial charge on any atom is 0.243 e. The third kappa shape index (κ3) is 3.22. The van der Waals surface area contributed by atoms with Gasteiger partial charge >= 0.3 is 0 Å². The summed E-state index contributed by atoms with van der Waals surface area (Å²) in [4.78, 5) is 4.49. The van der Waals surface area contributed by atoms with Crippen LogP contribution in [0, 0.1) is 5.92 Å². The fourth-order valence-corrected chi connectivity index (χ4v) is 5.32. The number of sulfonamides is 1. The first-order chi connectivity index (χ1) is 12.6. The van der Waals surface area contributed by atoms with Crippen molar-refractivity contribution in [3.8, 4) is 5.88 Å². The molecule has 1 spiro atoms. The molecular formula is C19H22N2O4S. The number of pyridine rings is 1. The van der Waals surface area contributed by atoms with Gasteiger partial charge in [-0.2, -0.15) is 4.31 Å². The number of hydrogen-bond donors (Lipinski definition) is 0. The van der Waals surface area contributed by atoms with Gasteiger partial charge in [-0.1, -0.05) is 24.3 Å². The van der Waals surface area contributed by atoms with Crippen molar-refractivity contribution in [3.05, 3.63) is 54.7 Å². The number of rotatable bonds is 6. The van der Waals surface area contributed by atoms with E-state index < -0.39 is 10.0 Å². The number of nitrogens with zero attached hydrogens (tertiary/aromatic N) is 2. The average molecular weight is 374 g/mol. The zero-order valence-corrected chi connectivity index (χ0v) is 15.3. The first kappa shape index (κ1) is 17.5. The molecule has 7 heteroatoms. The molecular weight excluding hydrogens is 352 g/mol. The summed E-state index contributed by atoms with van der Waals surface area (Å²) in [7, 11) is -3.44. The Morgan fingerprint density at radius 1 is 1.15 bits per heavy atom. The quantitative estimate of drug-likeness (QED) is 0.776. The molecule has 6 nitrogen and oxygen atoms in total. The lowest BCUT2D eigenvalue weighted by Gasteiger charge is -2.49. The summed E-state index contributed by atoms with van der Waals surface area (Å²) in [6.07, 6.45) is 3.47. The lowest BCUT2D eigenvalue weighted by Crippen LogP contribution is -2.66. The Labute approximate surface area is 153 Å². The third-order valence-corrected chi connectivity index (χ3v) is 7.03. The van der Waals surface area contributed by atoms with Crippen molar-refractivity contribution < 1.29 is 17.9 Å². The summed E-state index contributed by atoms with van der Waals surface area (Å²) in [5.41, 5.74) is -0.366. The van der Waals surface area contributed by atoms with Crippen molar-refractivity contribution >= 4 is 10.0 Å². The predicted molar refractivity (Wildman–Crippen MR) is 96.3 cm³/mol. The molecule has 0 unspecified atom stereocenters. The lowest BCUT2D eigenvalue weighted by atomic mass is 9.80. The van der Waals surface area contributed by atoms with Gasteiger partial charge in [-0.05, 0) is 37.0 Å². The standard InChI is InChI=1S/C19H22N2O4S/c22-26(23,17-6-2-1-3-7-17)21-14-19(15-21)16(10-13-25-19)9-12-24-18-8-4-5-11-20-18/h1-8,11,16H,9-10,12-15H2/t16-/m0/s1. The topological polar surface area (TPSA) is 68.7 Å².